The Morgan fingerprint density at radius 2 is 1.91 bits per heavy atom. The highest BCUT2D eigenvalue weighted by Crippen LogP contribution is 2.22. The van der Waals surface area contributed by atoms with Gasteiger partial charge in [-0.1, -0.05) is 24.3 Å². The Bertz CT molecular complexity index is 703. The molecule has 1 fully saturated rings. The quantitative estimate of drug-likeness (QED) is 0.945. The zero-order chi connectivity index (χ0) is 15.5. The van der Waals surface area contributed by atoms with Gasteiger partial charge in [-0.3, -0.25) is 9.59 Å². The predicted molar refractivity (Wildman–Crippen MR) is 81.1 cm³/mol. The van der Waals surface area contributed by atoms with Crippen molar-refractivity contribution >= 4 is 17.5 Å². The summed E-state index contributed by atoms with van der Waals surface area (Å²) in [5.41, 5.74) is 1.07. The molecule has 3 rings (SSSR count). The zero-order valence-electron chi connectivity index (χ0n) is 11.8. The van der Waals surface area contributed by atoms with Gasteiger partial charge in [-0.2, -0.15) is 0 Å². The van der Waals surface area contributed by atoms with Crippen LogP contribution in [0.25, 0.3) is 0 Å². The Balaban J connectivity index is 1.69. The van der Waals surface area contributed by atoms with E-state index in [9.17, 15) is 14.0 Å². The van der Waals surface area contributed by atoms with Crippen LogP contribution in [-0.4, -0.2) is 24.4 Å². The summed E-state index contributed by atoms with van der Waals surface area (Å²) in [5, 5.41) is 2.84. The summed E-state index contributed by atoms with van der Waals surface area (Å²) >= 11 is 0. The van der Waals surface area contributed by atoms with Gasteiger partial charge in [-0.25, -0.2) is 4.39 Å². The third-order valence-corrected chi connectivity index (χ3v) is 3.62. The second-order valence-corrected chi connectivity index (χ2v) is 5.22. The van der Waals surface area contributed by atoms with Crippen molar-refractivity contribution in [3.63, 3.8) is 0 Å². The second-order valence-electron chi connectivity index (χ2n) is 5.22. The highest BCUT2D eigenvalue weighted by Gasteiger charge is 2.31. The molecule has 2 amide bonds. The van der Waals surface area contributed by atoms with Crippen molar-refractivity contribution in [2.24, 2.45) is 0 Å². The first-order chi connectivity index (χ1) is 10.6. The molecule has 1 aliphatic heterocycles. The molecule has 0 spiro atoms. The lowest BCUT2D eigenvalue weighted by Crippen LogP contribution is -2.37. The molecule has 4 nitrogen and oxygen atoms in total. The minimum Gasteiger partial charge on any atom is -0.347 e. The van der Waals surface area contributed by atoms with Crippen molar-refractivity contribution in [1.82, 2.24) is 5.32 Å². The van der Waals surface area contributed by atoms with Crippen molar-refractivity contribution in [2.75, 3.05) is 11.4 Å². The topological polar surface area (TPSA) is 49.4 Å². The van der Waals surface area contributed by atoms with Gasteiger partial charge in [0.25, 0.3) is 5.91 Å². The standard InChI is InChI=1S/C17H15FN2O2/c18-13-7-4-8-15(9-13)20-11-14(10-16(20)21)19-17(22)12-5-2-1-3-6-12/h1-9,14H,10-11H2,(H,19,22). The van der Waals surface area contributed by atoms with E-state index in [1.54, 1.807) is 36.4 Å². The minimum absolute atomic E-state index is 0.121. The van der Waals surface area contributed by atoms with Gasteiger partial charge in [0.05, 0.1) is 6.04 Å². The highest BCUT2D eigenvalue weighted by atomic mass is 19.1. The number of nitrogens with one attached hydrogen (secondary N) is 1. The number of halogens is 1. The summed E-state index contributed by atoms with van der Waals surface area (Å²) in [4.78, 5) is 25.7. The molecule has 0 aromatic heterocycles. The van der Waals surface area contributed by atoms with Crippen LogP contribution in [0.2, 0.25) is 0 Å². The Hall–Kier alpha value is -2.69. The molecule has 1 saturated heterocycles. The van der Waals surface area contributed by atoms with E-state index in [1.807, 2.05) is 6.07 Å². The van der Waals surface area contributed by atoms with E-state index in [-0.39, 0.29) is 30.1 Å². The monoisotopic (exact) mass is 298 g/mol. The van der Waals surface area contributed by atoms with E-state index >= 15 is 0 Å². The van der Waals surface area contributed by atoms with Gasteiger partial charge in [-0.05, 0) is 30.3 Å². The summed E-state index contributed by atoms with van der Waals surface area (Å²) < 4.78 is 13.3. The first-order valence-electron chi connectivity index (χ1n) is 7.05. The van der Waals surface area contributed by atoms with Crippen LogP contribution in [0, 0.1) is 5.82 Å². The van der Waals surface area contributed by atoms with Gasteiger partial charge in [0, 0.05) is 24.2 Å². The van der Waals surface area contributed by atoms with Crippen molar-refractivity contribution < 1.29 is 14.0 Å². The lowest BCUT2D eigenvalue weighted by molar-refractivity contribution is -0.117. The molecule has 1 aliphatic rings. The fourth-order valence-electron chi connectivity index (χ4n) is 2.56. The van der Waals surface area contributed by atoms with E-state index in [4.69, 9.17) is 0 Å². The van der Waals surface area contributed by atoms with Crippen LogP contribution in [0.4, 0.5) is 10.1 Å². The van der Waals surface area contributed by atoms with E-state index in [0.29, 0.717) is 17.8 Å². The molecule has 0 aliphatic carbocycles. The molecule has 22 heavy (non-hydrogen) atoms. The van der Waals surface area contributed by atoms with E-state index in [0.717, 1.165) is 0 Å². The highest BCUT2D eigenvalue weighted by molar-refractivity contribution is 5.98. The molecule has 5 heteroatoms. The first kappa shape index (κ1) is 14.3. The number of hydrogen-bond donors (Lipinski definition) is 1. The molecule has 2 aromatic rings. The van der Waals surface area contributed by atoms with Crippen molar-refractivity contribution in [3.05, 3.63) is 66.0 Å². The third kappa shape index (κ3) is 2.98. The van der Waals surface area contributed by atoms with E-state index < -0.39 is 0 Å². The molecule has 1 atom stereocenters. The van der Waals surface area contributed by atoms with Crippen LogP contribution in [0.1, 0.15) is 16.8 Å². The Kier molecular flexibility index (Phi) is 3.87. The van der Waals surface area contributed by atoms with Gasteiger partial charge >= 0.3 is 0 Å². The Morgan fingerprint density at radius 1 is 1.14 bits per heavy atom. The Morgan fingerprint density at radius 3 is 2.64 bits per heavy atom. The Labute approximate surface area is 127 Å². The molecule has 0 radical (unpaired) electrons. The predicted octanol–water partition coefficient (Wildman–Crippen LogP) is 2.36. The fraction of sp³-hybridized carbons (Fsp3) is 0.176. The average molecular weight is 298 g/mol. The molecule has 0 saturated carbocycles. The maximum atomic E-state index is 13.3. The molecule has 2 aromatic carbocycles. The van der Waals surface area contributed by atoms with Gasteiger partial charge in [0.15, 0.2) is 0 Å². The zero-order valence-corrected chi connectivity index (χ0v) is 11.8. The summed E-state index contributed by atoms with van der Waals surface area (Å²) in [7, 11) is 0. The molecular formula is C17H15FN2O2. The van der Waals surface area contributed by atoms with Crippen molar-refractivity contribution in [2.45, 2.75) is 12.5 Å². The van der Waals surface area contributed by atoms with Crippen molar-refractivity contribution in [3.8, 4) is 0 Å². The van der Waals surface area contributed by atoms with Crippen LogP contribution in [0.5, 0.6) is 0 Å². The lowest BCUT2D eigenvalue weighted by atomic mass is 10.2. The van der Waals surface area contributed by atoms with Crippen LogP contribution in [-0.2, 0) is 4.79 Å². The summed E-state index contributed by atoms with van der Waals surface area (Å²) in [6, 6.07) is 14.5. The number of benzene rings is 2. The van der Waals surface area contributed by atoms with Gasteiger partial charge in [0.1, 0.15) is 5.82 Å². The largest absolute Gasteiger partial charge is 0.347 e. The molecule has 1 N–H and O–H groups in total. The smallest absolute Gasteiger partial charge is 0.251 e. The van der Waals surface area contributed by atoms with Gasteiger partial charge < -0.3 is 10.2 Å². The van der Waals surface area contributed by atoms with Gasteiger partial charge in [0.2, 0.25) is 5.91 Å². The lowest BCUT2D eigenvalue weighted by Gasteiger charge is -2.17. The number of amides is 2. The molecule has 112 valence electrons. The van der Waals surface area contributed by atoms with Crippen LogP contribution in [0.15, 0.2) is 54.6 Å². The normalized spacial score (nSPS) is 17.6. The second kappa shape index (κ2) is 5.97. The van der Waals surface area contributed by atoms with Crippen LogP contribution < -0.4 is 10.2 Å². The van der Waals surface area contributed by atoms with Crippen LogP contribution in [0.3, 0.4) is 0 Å². The summed E-state index contributed by atoms with van der Waals surface area (Å²) in [5.74, 6) is -0.717. The maximum absolute atomic E-state index is 13.3. The molecular weight excluding hydrogens is 283 g/mol. The first-order valence-corrected chi connectivity index (χ1v) is 7.05. The van der Waals surface area contributed by atoms with E-state index in [1.165, 1.54) is 17.0 Å². The van der Waals surface area contributed by atoms with Crippen LogP contribution >= 0.6 is 0 Å². The third-order valence-electron chi connectivity index (χ3n) is 3.62. The summed E-state index contributed by atoms with van der Waals surface area (Å²) in [6.45, 7) is 0.348. The number of anilines is 1. The molecule has 0 bridgehead atoms. The van der Waals surface area contributed by atoms with Gasteiger partial charge in [-0.15, -0.1) is 0 Å². The van der Waals surface area contributed by atoms with Crippen molar-refractivity contribution in [1.29, 1.82) is 0 Å². The fourth-order valence-corrected chi connectivity index (χ4v) is 2.56. The number of nitrogens with zero attached hydrogens (tertiary/aromatic N) is 1. The number of carbonyl (C=O) groups is 2. The number of hydrogen-bond acceptors (Lipinski definition) is 2. The molecule has 1 unspecified atom stereocenters. The SMILES string of the molecule is O=C(NC1CC(=O)N(c2cccc(F)c2)C1)c1ccccc1. The minimum atomic E-state index is -0.387. The summed E-state index contributed by atoms with van der Waals surface area (Å²) in [6.07, 6.45) is 0.217. The maximum Gasteiger partial charge on any atom is 0.251 e. The average Bonchev–Trinajstić information content (AvgIpc) is 2.88. The number of rotatable bonds is 3. The van der Waals surface area contributed by atoms with E-state index in [2.05, 4.69) is 5.32 Å². The number of carbonyl (C=O) groups excluding carboxylic acids is 2. The molecule has 1 heterocycles.